The maximum atomic E-state index is 12.2. The Hall–Kier alpha value is -2.62. The van der Waals surface area contributed by atoms with Gasteiger partial charge in [-0.05, 0) is 18.2 Å². The van der Waals surface area contributed by atoms with Crippen LogP contribution in [0.5, 0.6) is 0 Å². The van der Waals surface area contributed by atoms with Gasteiger partial charge in [0.2, 0.25) is 5.91 Å². The first-order valence-corrected chi connectivity index (χ1v) is 7.02. The van der Waals surface area contributed by atoms with Crippen molar-refractivity contribution in [2.24, 2.45) is 5.92 Å². The van der Waals surface area contributed by atoms with Gasteiger partial charge in [-0.1, -0.05) is 43.3 Å². The van der Waals surface area contributed by atoms with Crippen molar-refractivity contribution in [3.05, 3.63) is 60.3 Å². The van der Waals surface area contributed by atoms with E-state index >= 15 is 0 Å². The van der Waals surface area contributed by atoms with Crippen LogP contribution in [0.25, 0.3) is 10.9 Å². The number of carbonyl (C=O) groups is 1. The second-order valence-electron chi connectivity index (χ2n) is 5.18. The molecule has 4 heteroatoms. The van der Waals surface area contributed by atoms with Crippen molar-refractivity contribution in [2.45, 2.75) is 13.3 Å². The average molecular weight is 279 g/mol. The van der Waals surface area contributed by atoms with E-state index in [1.807, 2.05) is 61.5 Å². The number of benzene rings is 2. The predicted octanol–water partition coefficient (Wildman–Crippen LogP) is 3.38. The number of rotatable bonds is 4. The van der Waals surface area contributed by atoms with Crippen molar-refractivity contribution in [3.63, 3.8) is 0 Å². The molecule has 0 aliphatic carbocycles. The number of para-hydroxylation sites is 2. The summed E-state index contributed by atoms with van der Waals surface area (Å²) in [5.41, 5.74) is 2.76. The number of H-pyrrole nitrogens is 1. The molecule has 106 valence electrons. The molecule has 1 heterocycles. The molecule has 3 aromatic rings. The summed E-state index contributed by atoms with van der Waals surface area (Å²) < 4.78 is 0. The molecule has 1 amide bonds. The summed E-state index contributed by atoms with van der Waals surface area (Å²) in [6.45, 7) is 1.92. The van der Waals surface area contributed by atoms with Gasteiger partial charge < -0.3 is 5.32 Å². The Morgan fingerprint density at radius 2 is 1.86 bits per heavy atom. The Labute approximate surface area is 123 Å². The monoisotopic (exact) mass is 279 g/mol. The second kappa shape index (κ2) is 5.79. The molecule has 4 nitrogen and oxygen atoms in total. The van der Waals surface area contributed by atoms with Crippen molar-refractivity contribution < 1.29 is 4.79 Å². The zero-order valence-corrected chi connectivity index (χ0v) is 11.8. The molecule has 0 bridgehead atoms. The van der Waals surface area contributed by atoms with E-state index in [0.717, 1.165) is 22.3 Å². The number of hydrogen-bond acceptors (Lipinski definition) is 2. The summed E-state index contributed by atoms with van der Waals surface area (Å²) in [4.78, 5) is 12.2. The summed E-state index contributed by atoms with van der Waals surface area (Å²) >= 11 is 0. The number of nitrogens with zero attached hydrogens (tertiary/aromatic N) is 1. The number of carbonyl (C=O) groups excluding carboxylic acids is 1. The summed E-state index contributed by atoms with van der Waals surface area (Å²) in [6.07, 6.45) is 0.638. The van der Waals surface area contributed by atoms with Crippen LogP contribution in [0.1, 0.15) is 12.6 Å². The molecule has 1 aromatic heterocycles. The molecular weight excluding hydrogens is 262 g/mol. The van der Waals surface area contributed by atoms with E-state index in [1.54, 1.807) is 0 Å². The summed E-state index contributed by atoms with van der Waals surface area (Å²) in [5.74, 6) is -0.117. The molecule has 1 atom stereocenters. The smallest absolute Gasteiger partial charge is 0.227 e. The van der Waals surface area contributed by atoms with Crippen LogP contribution in [0, 0.1) is 5.92 Å². The van der Waals surface area contributed by atoms with Gasteiger partial charge in [0, 0.05) is 29.1 Å². The van der Waals surface area contributed by atoms with Crippen LogP contribution < -0.4 is 5.32 Å². The minimum absolute atomic E-state index is 0.0138. The molecule has 2 aromatic carbocycles. The first-order valence-electron chi connectivity index (χ1n) is 7.02. The summed E-state index contributed by atoms with van der Waals surface area (Å²) in [5, 5.41) is 11.3. The number of hydrogen-bond donors (Lipinski definition) is 2. The Morgan fingerprint density at radius 3 is 2.67 bits per heavy atom. The minimum atomic E-state index is -0.130. The van der Waals surface area contributed by atoms with Gasteiger partial charge in [0.05, 0.1) is 5.52 Å². The van der Waals surface area contributed by atoms with Gasteiger partial charge in [0.1, 0.15) is 0 Å². The zero-order chi connectivity index (χ0) is 14.7. The molecule has 1 unspecified atom stereocenters. The molecule has 0 aliphatic heterocycles. The lowest BCUT2D eigenvalue weighted by Gasteiger charge is -2.11. The normalized spacial score (nSPS) is 12.2. The van der Waals surface area contributed by atoms with Crippen molar-refractivity contribution in [1.29, 1.82) is 0 Å². The van der Waals surface area contributed by atoms with Crippen LogP contribution in [-0.4, -0.2) is 16.1 Å². The van der Waals surface area contributed by atoms with Crippen molar-refractivity contribution >= 4 is 22.5 Å². The van der Waals surface area contributed by atoms with Gasteiger partial charge in [-0.3, -0.25) is 9.89 Å². The van der Waals surface area contributed by atoms with Crippen LogP contribution >= 0.6 is 0 Å². The Bertz CT molecular complexity index is 749. The molecule has 0 fully saturated rings. The highest BCUT2D eigenvalue weighted by Crippen LogP contribution is 2.19. The van der Waals surface area contributed by atoms with E-state index in [-0.39, 0.29) is 11.8 Å². The first kappa shape index (κ1) is 13.4. The molecule has 0 aliphatic rings. The summed E-state index contributed by atoms with van der Waals surface area (Å²) in [6, 6.07) is 17.4. The molecular formula is C17H17N3O. The van der Waals surface area contributed by atoms with E-state index in [0.29, 0.717) is 6.42 Å². The highest BCUT2D eigenvalue weighted by molar-refractivity contribution is 5.92. The first-order chi connectivity index (χ1) is 10.2. The highest BCUT2D eigenvalue weighted by atomic mass is 16.1. The second-order valence-corrected chi connectivity index (χ2v) is 5.18. The van der Waals surface area contributed by atoms with E-state index in [4.69, 9.17) is 0 Å². The number of aromatic amines is 1. The number of amides is 1. The Morgan fingerprint density at radius 1 is 1.14 bits per heavy atom. The van der Waals surface area contributed by atoms with Crippen LogP contribution in [0.2, 0.25) is 0 Å². The third kappa shape index (κ3) is 2.94. The largest absolute Gasteiger partial charge is 0.326 e. The van der Waals surface area contributed by atoms with E-state index < -0.39 is 0 Å². The van der Waals surface area contributed by atoms with Crippen molar-refractivity contribution in [3.8, 4) is 0 Å². The SMILES string of the molecule is CC(Cc1[nH]nc2ccccc12)C(=O)Nc1ccccc1. The molecule has 2 N–H and O–H groups in total. The van der Waals surface area contributed by atoms with Gasteiger partial charge in [-0.2, -0.15) is 5.10 Å². The standard InChI is InChI=1S/C17H17N3O/c1-12(17(21)18-13-7-3-2-4-8-13)11-16-14-9-5-6-10-15(14)19-20-16/h2-10,12H,11H2,1H3,(H,18,21)(H,19,20). The number of nitrogens with one attached hydrogen (secondary N) is 2. The fourth-order valence-corrected chi connectivity index (χ4v) is 2.36. The van der Waals surface area contributed by atoms with Gasteiger partial charge in [0.15, 0.2) is 0 Å². The number of aromatic nitrogens is 2. The van der Waals surface area contributed by atoms with Gasteiger partial charge in [-0.15, -0.1) is 0 Å². The molecule has 3 rings (SSSR count). The molecule has 0 spiro atoms. The van der Waals surface area contributed by atoms with Crippen molar-refractivity contribution in [2.75, 3.05) is 5.32 Å². The van der Waals surface area contributed by atoms with Gasteiger partial charge in [-0.25, -0.2) is 0 Å². The maximum Gasteiger partial charge on any atom is 0.227 e. The van der Waals surface area contributed by atoms with Crippen LogP contribution in [0.3, 0.4) is 0 Å². The topological polar surface area (TPSA) is 57.8 Å². The Kier molecular flexibility index (Phi) is 3.69. The fourth-order valence-electron chi connectivity index (χ4n) is 2.36. The van der Waals surface area contributed by atoms with E-state index in [2.05, 4.69) is 15.5 Å². The number of anilines is 1. The van der Waals surface area contributed by atoms with Crippen molar-refractivity contribution in [1.82, 2.24) is 10.2 Å². The lowest BCUT2D eigenvalue weighted by molar-refractivity contribution is -0.119. The van der Waals surface area contributed by atoms with Crippen LogP contribution in [0.15, 0.2) is 54.6 Å². The van der Waals surface area contributed by atoms with Gasteiger partial charge in [0.25, 0.3) is 0 Å². The third-order valence-corrected chi connectivity index (χ3v) is 3.54. The predicted molar refractivity (Wildman–Crippen MR) is 84.0 cm³/mol. The van der Waals surface area contributed by atoms with Crippen LogP contribution in [0.4, 0.5) is 5.69 Å². The average Bonchev–Trinajstić information content (AvgIpc) is 2.91. The Balaban J connectivity index is 1.71. The number of fused-ring (bicyclic) bond motifs is 1. The lowest BCUT2D eigenvalue weighted by atomic mass is 10.0. The zero-order valence-electron chi connectivity index (χ0n) is 11.8. The van der Waals surface area contributed by atoms with Gasteiger partial charge >= 0.3 is 0 Å². The molecule has 0 saturated carbocycles. The fraction of sp³-hybridized carbons (Fsp3) is 0.176. The van der Waals surface area contributed by atoms with Crippen LogP contribution in [-0.2, 0) is 11.2 Å². The maximum absolute atomic E-state index is 12.2. The van der Waals surface area contributed by atoms with E-state index in [1.165, 1.54) is 0 Å². The minimum Gasteiger partial charge on any atom is -0.326 e. The highest BCUT2D eigenvalue weighted by Gasteiger charge is 2.16. The third-order valence-electron chi connectivity index (χ3n) is 3.54. The molecule has 0 radical (unpaired) electrons. The van der Waals surface area contributed by atoms with E-state index in [9.17, 15) is 4.79 Å². The molecule has 21 heavy (non-hydrogen) atoms. The quantitative estimate of drug-likeness (QED) is 0.769. The summed E-state index contributed by atoms with van der Waals surface area (Å²) in [7, 11) is 0. The molecule has 0 saturated heterocycles. The lowest BCUT2D eigenvalue weighted by Crippen LogP contribution is -2.22.